The van der Waals surface area contributed by atoms with Gasteiger partial charge < -0.3 is 19.7 Å². The summed E-state index contributed by atoms with van der Waals surface area (Å²) in [6, 6.07) is 10.9. The number of aromatic nitrogens is 1. The summed E-state index contributed by atoms with van der Waals surface area (Å²) >= 11 is 0. The molecule has 3 heterocycles. The number of carbonyl (C=O) groups excluding carboxylic acids is 2. The largest absolute Gasteiger partial charge is 0.484 e. The number of carbonyl (C=O) groups is 2. The summed E-state index contributed by atoms with van der Waals surface area (Å²) in [5.41, 5.74) is 0.878. The number of rotatable bonds is 4. The molecule has 7 heteroatoms. The summed E-state index contributed by atoms with van der Waals surface area (Å²) < 4.78 is 11.8. The molecule has 2 amide bonds. The van der Waals surface area contributed by atoms with E-state index in [0.29, 0.717) is 50.5 Å². The number of amides is 2. The molecule has 1 saturated heterocycles. The van der Waals surface area contributed by atoms with E-state index in [9.17, 15) is 9.59 Å². The van der Waals surface area contributed by atoms with Crippen LogP contribution in [0.1, 0.15) is 28.8 Å². The number of hydrogen-bond donors (Lipinski definition) is 1. The van der Waals surface area contributed by atoms with Gasteiger partial charge in [0.2, 0.25) is 5.91 Å². The van der Waals surface area contributed by atoms with Crippen molar-refractivity contribution in [3.8, 4) is 5.75 Å². The third-order valence-corrected chi connectivity index (χ3v) is 5.16. The Kier molecular flexibility index (Phi) is 5.25. The lowest BCUT2D eigenvalue weighted by atomic mass is 9.93. The average Bonchev–Trinajstić information content (AvgIpc) is 2.83. The lowest BCUT2D eigenvalue weighted by Gasteiger charge is -2.38. The van der Waals surface area contributed by atoms with Crippen molar-refractivity contribution in [2.75, 3.05) is 26.3 Å². The van der Waals surface area contributed by atoms with Crippen LogP contribution in [0.15, 0.2) is 48.8 Å². The fraction of sp³-hybridized carbons (Fsp3) is 0.381. The van der Waals surface area contributed by atoms with Gasteiger partial charge in [0.1, 0.15) is 17.9 Å². The maximum Gasteiger partial charge on any atom is 0.258 e. The molecular formula is C21H23N3O4. The Hall–Kier alpha value is -2.93. The van der Waals surface area contributed by atoms with E-state index in [1.54, 1.807) is 23.4 Å². The van der Waals surface area contributed by atoms with Gasteiger partial charge in [-0.2, -0.15) is 0 Å². The molecule has 2 aromatic rings. The number of fused-ring (bicyclic) bond motifs is 1. The summed E-state index contributed by atoms with van der Waals surface area (Å²) in [7, 11) is 0. The smallest absolute Gasteiger partial charge is 0.258 e. The van der Waals surface area contributed by atoms with Gasteiger partial charge >= 0.3 is 0 Å². The van der Waals surface area contributed by atoms with Gasteiger partial charge in [-0.3, -0.25) is 14.6 Å². The average molecular weight is 381 g/mol. The first-order valence-electron chi connectivity index (χ1n) is 9.46. The fourth-order valence-corrected chi connectivity index (χ4v) is 3.65. The number of nitrogens with one attached hydrogen (secondary N) is 1. The minimum atomic E-state index is -0.524. The molecule has 0 saturated carbocycles. The molecular weight excluding hydrogens is 358 g/mol. The van der Waals surface area contributed by atoms with Crippen LogP contribution in [0, 0.1) is 0 Å². The van der Waals surface area contributed by atoms with Gasteiger partial charge in [-0.1, -0.05) is 18.2 Å². The maximum absolute atomic E-state index is 13.1. The molecule has 4 rings (SSSR count). The Morgan fingerprint density at radius 2 is 2.00 bits per heavy atom. The highest BCUT2D eigenvalue weighted by Gasteiger charge is 2.42. The molecule has 1 N–H and O–H groups in total. The highest BCUT2D eigenvalue weighted by molar-refractivity contribution is 5.99. The van der Waals surface area contributed by atoms with Crippen molar-refractivity contribution in [1.29, 1.82) is 0 Å². The topological polar surface area (TPSA) is 80.8 Å². The molecule has 28 heavy (non-hydrogen) atoms. The standard InChI is InChI=1S/C21H23N3O4/c25-19(23-13-16-4-3-9-22-12-16)14-24-15-21(7-10-27-11-8-21)28-18-6-2-1-5-17(18)20(24)26/h1-6,9,12H,7-8,10-11,13-15H2,(H,23,25). The van der Waals surface area contributed by atoms with Crippen molar-refractivity contribution >= 4 is 11.8 Å². The monoisotopic (exact) mass is 381 g/mol. The van der Waals surface area contributed by atoms with Crippen LogP contribution in [0.25, 0.3) is 0 Å². The van der Waals surface area contributed by atoms with E-state index in [1.165, 1.54) is 0 Å². The van der Waals surface area contributed by atoms with E-state index in [2.05, 4.69) is 10.3 Å². The minimum absolute atomic E-state index is 0.0145. The van der Waals surface area contributed by atoms with E-state index in [1.807, 2.05) is 30.3 Å². The van der Waals surface area contributed by atoms with E-state index in [-0.39, 0.29) is 18.4 Å². The van der Waals surface area contributed by atoms with Crippen LogP contribution >= 0.6 is 0 Å². The van der Waals surface area contributed by atoms with Crippen molar-refractivity contribution in [2.45, 2.75) is 25.0 Å². The zero-order valence-electron chi connectivity index (χ0n) is 15.6. The van der Waals surface area contributed by atoms with Crippen LogP contribution in [0.5, 0.6) is 5.75 Å². The predicted octanol–water partition coefficient (Wildman–Crippen LogP) is 1.78. The molecule has 0 bridgehead atoms. The van der Waals surface area contributed by atoms with Crippen LogP contribution in [0.2, 0.25) is 0 Å². The van der Waals surface area contributed by atoms with Gasteiger partial charge in [-0.05, 0) is 23.8 Å². The molecule has 7 nitrogen and oxygen atoms in total. The fourth-order valence-electron chi connectivity index (χ4n) is 3.65. The van der Waals surface area contributed by atoms with E-state index < -0.39 is 5.60 Å². The Balaban J connectivity index is 1.51. The first-order valence-corrected chi connectivity index (χ1v) is 9.46. The van der Waals surface area contributed by atoms with Gasteiger partial charge in [0.05, 0.1) is 25.3 Å². The van der Waals surface area contributed by atoms with Crippen molar-refractivity contribution in [1.82, 2.24) is 15.2 Å². The highest BCUT2D eigenvalue weighted by Crippen LogP contribution is 2.34. The van der Waals surface area contributed by atoms with Gasteiger partial charge in [-0.15, -0.1) is 0 Å². The van der Waals surface area contributed by atoms with Crippen molar-refractivity contribution < 1.29 is 19.1 Å². The summed E-state index contributed by atoms with van der Waals surface area (Å²) in [4.78, 5) is 31.3. The molecule has 0 aliphatic carbocycles. The van der Waals surface area contributed by atoms with Crippen molar-refractivity contribution in [2.24, 2.45) is 0 Å². The lowest BCUT2D eigenvalue weighted by Crippen LogP contribution is -2.52. The van der Waals surface area contributed by atoms with Crippen LogP contribution in [-0.2, 0) is 16.1 Å². The number of pyridine rings is 1. The SMILES string of the molecule is O=C(CN1CC2(CCOCC2)Oc2ccccc2C1=O)NCc1cccnc1. The Bertz CT molecular complexity index is 850. The van der Waals surface area contributed by atoms with Gasteiger partial charge in [0.25, 0.3) is 5.91 Å². The van der Waals surface area contributed by atoms with Gasteiger partial charge in [0, 0.05) is 31.8 Å². The first kappa shape index (κ1) is 18.4. The molecule has 1 aromatic carbocycles. The van der Waals surface area contributed by atoms with E-state index in [0.717, 1.165) is 5.56 Å². The third kappa shape index (κ3) is 3.99. The van der Waals surface area contributed by atoms with Gasteiger partial charge in [0.15, 0.2) is 0 Å². The third-order valence-electron chi connectivity index (χ3n) is 5.16. The summed E-state index contributed by atoms with van der Waals surface area (Å²) in [5, 5.41) is 2.86. The molecule has 2 aliphatic rings. The second-order valence-electron chi connectivity index (χ2n) is 7.19. The van der Waals surface area contributed by atoms with Crippen LogP contribution < -0.4 is 10.1 Å². The van der Waals surface area contributed by atoms with E-state index >= 15 is 0 Å². The second-order valence-corrected chi connectivity index (χ2v) is 7.19. The molecule has 1 fully saturated rings. The Labute approximate surface area is 163 Å². The summed E-state index contributed by atoms with van der Waals surface area (Å²) in [6.45, 7) is 1.89. The predicted molar refractivity (Wildman–Crippen MR) is 102 cm³/mol. The molecule has 0 unspecified atom stereocenters. The van der Waals surface area contributed by atoms with Crippen molar-refractivity contribution in [3.63, 3.8) is 0 Å². The second kappa shape index (κ2) is 7.98. The molecule has 0 atom stereocenters. The molecule has 146 valence electrons. The Morgan fingerprint density at radius 1 is 1.18 bits per heavy atom. The normalized spacial score (nSPS) is 18.1. The van der Waals surface area contributed by atoms with Crippen LogP contribution in [0.3, 0.4) is 0 Å². The minimum Gasteiger partial charge on any atom is -0.484 e. The molecule has 2 aliphatic heterocycles. The van der Waals surface area contributed by atoms with Gasteiger partial charge in [-0.25, -0.2) is 0 Å². The lowest BCUT2D eigenvalue weighted by molar-refractivity contribution is -0.122. The quantitative estimate of drug-likeness (QED) is 0.873. The Morgan fingerprint density at radius 3 is 2.79 bits per heavy atom. The zero-order chi connectivity index (χ0) is 19.4. The number of hydrogen-bond acceptors (Lipinski definition) is 5. The first-order chi connectivity index (χ1) is 13.7. The summed E-state index contributed by atoms with van der Waals surface area (Å²) in [6.07, 6.45) is 4.76. The van der Waals surface area contributed by atoms with Crippen molar-refractivity contribution in [3.05, 3.63) is 59.9 Å². The summed E-state index contributed by atoms with van der Waals surface area (Å²) in [5.74, 6) is 0.182. The molecule has 0 radical (unpaired) electrons. The number of benzene rings is 1. The van der Waals surface area contributed by atoms with Crippen LogP contribution in [-0.4, -0.2) is 53.6 Å². The highest BCUT2D eigenvalue weighted by atomic mass is 16.5. The number of nitrogens with zero attached hydrogens (tertiary/aromatic N) is 2. The molecule has 1 aromatic heterocycles. The maximum atomic E-state index is 13.1. The van der Waals surface area contributed by atoms with E-state index in [4.69, 9.17) is 9.47 Å². The van der Waals surface area contributed by atoms with Crippen LogP contribution in [0.4, 0.5) is 0 Å². The number of ether oxygens (including phenoxy) is 2. The zero-order valence-corrected chi connectivity index (χ0v) is 15.6. The molecule has 1 spiro atoms. The number of para-hydroxylation sites is 1.